The van der Waals surface area contributed by atoms with Gasteiger partial charge in [0.25, 0.3) is 0 Å². The summed E-state index contributed by atoms with van der Waals surface area (Å²) in [6.45, 7) is -2.09. The van der Waals surface area contributed by atoms with Crippen molar-refractivity contribution in [1.82, 2.24) is 0 Å². The van der Waals surface area contributed by atoms with Gasteiger partial charge in [-0.3, -0.25) is 0 Å². The van der Waals surface area contributed by atoms with E-state index in [1.54, 1.807) is 0 Å². The maximum atomic E-state index is 10.9. The number of hydrogen-bond donors (Lipinski definition) is 11. The third-order valence-corrected chi connectivity index (χ3v) is 7.30. The minimum absolute atomic E-state index is 0.660. The topological polar surface area (TPSA) is 286 Å². The maximum absolute atomic E-state index is 10.9. The lowest BCUT2D eigenvalue weighted by Crippen LogP contribution is -2.71. The summed E-state index contributed by atoms with van der Waals surface area (Å²) >= 11 is 3.10. The van der Waals surface area contributed by atoms with Crippen molar-refractivity contribution < 1.29 is 64.5 Å². The molecule has 0 radical (unpaired) electrons. The molecule has 0 aromatic rings. The first-order valence-electron chi connectivity index (χ1n) is 10.9. The lowest BCUT2D eigenvalue weighted by atomic mass is 9.94. The van der Waals surface area contributed by atoms with Gasteiger partial charge in [-0.25, -0.2) is 0 Å². The molecule has 0 spiro atoms. The highest BCUT2D eigenvalue weighted by molar-refractivity contribution is 9.10. The summed E-state index contributed by atoms with van der Waals surface area (Å²) in [6.07, 6.45) is -15.8. The molecule has 3 fully saturated rings. The van der Waals surface area contributed by atoms with Gasteiger partial charge in [-0.15, -0.1) is 0 Å². The molecule has 2 unspecified atom stereocenters. The molecular formula is C18H34BrN3O13. The summed E-state index contributed by atoms with van der Waals surface area (Å²) in [5, 5.41) is 80.2. The molecule has 3 aliphatic heterocycles. The second kappa shape index (κ2) is 11.7. The van der Waals surface area contributed by atoms with Crippen LogP contribution in [0.1, 0.15) is 0 Å². The molecule has 3 rings (SSSR count). The largest absolute Gasteiger partial charge is 0.394 e. The van der Waals surface area contributed by atoms with Gasteiger partial charge in [0.05, 0.1) is 37.9 Å². The van der Waals surface area contributed by atoms with Gasteiger partial charge in [-0.1, -0.05) is 0 Å². The first kappa shape index (κ1) is 29.4. The predicted octanol–water partition coefficient (Wildman–Crippen LogP) is -6.95. The summed E-state index contributed by atoms with van der Waals surface area (Å²) in [5.74, 6) is 0. The summed E-state index contributed by atoms with van der Waals surface area (Å²) in [7, 11) is 0. The molecule has 3 aliphatic rings. The van der Waals surface area contributed by atoms with E-state index < -0.39 is 110 Å². The number of aliphatic hydroxyl groups excluding tert-OH is 8. The van der Waals surface area contributed by atoms with Crippen LogP contribution >= 0.6 is 15.9 Å². The number of ether oxygens (including phenoxy) is 5. The number of alkyl halides is 1. The summed E-state index contributed by atoms with van der Waals surface area (Å²) < 4.78 is 25.6. The van der Waals surface area contributed by atoms with Crippen molar-refractivity contribution in [3.8, 4) is 0 Å². The fourth-order valence-corrected chi connectivity index (χ4v) is 4.94. The lowest BCUT2D eigenvalue weighted by Gasteiger charge is -2.51. The Bertz CT molecular complexity index is 696. The SMILES string of the molecule is N[C@H]1[C@H](OC2[C@@H](CO)O[C@@H](O)[C@H](N)[C@H]2O)O[C@H](CO)C(O[C@@]2(Br)O[C@H](CO)[C@@H](O)[C@H](O)[C@H]2N)[C@@H]1O. The van der Waals surface area contributed by atoms with Crippen molar-refractivity contribution in [2.75, 3.05) is 19.8 Å². The highest BCUT2D eigenvalue weighted by Crippen LogP contribution is 2.39. The Morgan fingerprint density at radius 2 is 1.26 bits per heavy atom. The molecule has 0 aliphatic carbocycles. The normalized spacial score (nSPS) is 53.5. The molecule has 206 valence electrons. The average molecular weight is 580 g/mol. The molecule has 0 amide bonds. The van der Waals surface area contributed by atoms with Gasteiger partial charge in [0.1, 0.15) is 54.9 Å². The maximum Gasteiger partial charge on any atom is 0.245 e. The second-order valence-corrected chi connectivity index (χ2v) is 9.83. The van der Waals surface area contributed by atoms with Crippen LogP contribution in [0.5, 0.6) is 0 Å². The summed E-state index contributed by atoms with van der Waals surface area (Å²) in [5.41, 5.74) is 17.7. The number of nitrogens with two attached hydrogens (primary N) is 3. The van der Waals surface area contributed by atoms with Crippen LogP contribution in [0.4, 0.5) is 0 Å². The molecular weight excluding hydrogens is 546 g/mol. The molecule has 3 saturated heterocycles. The van der Waals surface area contributed by atoms with Crippen molar-refractivity contribution in [3.05, 3.63) is 0 Å². The zero-order valence-corrected chi connectivity index (χ0v) is 20.0. The van der Waals surface area contributed by atoms with Crippen molar-refractivity contribution in [2.45, 2.75) is 90.3 Å². The standard InChI is InChI=1S/C18H34BrN3O13/c19-18(15(22)12(29)9(26)4(1-23)34-18)35-14-6(3-25)32-17(8(21)11(14)28)33-13-5(2-24)31-16(30)7(20)10(13)27/h4-17,23-30H,1-3,20-22H2/t4-,5-,6-,7-,8-,9-,10-,11-,12+,13?,14?,15-,16-,17+,18+/m1/s1. The van der Waals surface area contributed by atoms with Crippen LogP contribution in [0, 0.1) is 0 Å². The molecule has 3 heterocycles. The van der Waals surface area contributed by atoms with Crippen LogP contribution in [0.3, 0.4) is 0 Å². The summed E-state index contributed by atoms with van der Waals surface area (Å²) in [6, 6.07) is -4.06. The Morgan fingerprint density at radius 1 is 0.714 bits per heavy atom. The van der Waals surface area contributed by atoms with Crippen LogP contribution in [0.15, 0.2) is 0 Å². The number of hydrogen-bond acceptors (Lipinski definition) is 16. The minimum Gasteiger partial charge on any atom is -0.394 e. The van der Waals surface area contributed by atoms with Gasteiger partial charge >= 0.3 is 0 Å². The highest BCUT2D eigenvalue weighted by atomic mass is 79.9. The van der Waals surface area contributed by atoms with Gasteiger partial charge < -0.3 is 81.7 Å². The summed E-state index contributed by atoms with van der Waals surface area (Å²) in [4.78, 5) is 0. The molecule has 16 nitrogen and oxygen atoms in total. The van der Waals surface area contributed by atoms with E-state index in [0.29, 0.717) is 0 Å². The van der Waals surface area contributed by atoms with E-state index in [-0.39, 0.29) is 0 Å². The zero-order chi connectivity index (χ0) is 26.2. The molecule has 17 heteroatoms. The monoisotopic (exact) mass is 579 g/mol. The number of halogens is 1. The van der Waals surface area contributed by atoms with E-state index in [4.69, 9.17) is 40.9 Å². The van der Waals surface area contributed by atoms with Gasteiger partial charge in [-0.05, 0) is 15.9 Å². The molecule has 0 saturated carbocycles. The predicted molar refractivity (Wildman–Crippen MR) is 115 cm³/mol. The molecule has 14 N–H and O–H groups in total. The first-order valence-corrected chi connectivity index (χ1v) is 11.7. The minimum atomic E-state index is -2.03. The van der Waals surface area contributed by atoms with E-state index in [1.807, 2.05) is 0 Å². The number of rotatable bonds is 7. The van der Waals surface area contributed by atoms with Gasteiger partial charge in [0.15, 0.2) is 12.6 Å². The van der Waals surface area contributed by atoms with E-state index in [1.165, 1.54) is 0 Å². The molecule has 0 aromatic heterocycles. The van der Waals surface area contributed by atoms with Crippen LogP contribution < -0.4 is 17.2 Å². The van der Waals surface area contributed by atoms with Crippen molar-refractivity contribution in [2.24, 2.45) is 17.2 Å². The fraction of sp³-hybridized carbons (Fsp3) is 1.00. The highest BCUT2D eigenvalue weighted by Gasteiger charge is 2.57. The zero-order valence-electron chi connectivity index (χ0n) is 18.4. The van der Waals surface area contributed by atoms with Gasteiger partial charge in [-0.2, -0.15) is 0 Å². The van der Waals surface area contributed by atoms with E-state index in [2.05, 4.69) is 15.9 Å². The lowest BCUT2D eigenvalue weighted by molar-refractivity contribution is -0.354. The van der Waals surface area contributed by atoms with Gasteiger partial charge in [0, 0.05) is 0 Å². The number of aliphatic hydroxyl groups is 8. The van der Waals surface area contributed by atoms with E-state index in [9.17, 15) is 40.9 Å². The van der Waals surface area contributed by atoms with Crippen LogP contribution in [-0.4, -0.2) is 151 Å². The van der Waals surface area contributed by atoms with E-state index in [0.717, 1.165) is 0 Å². The second-order valence-electron chi connectivity index (χ2n) is 8.72. The van der Waals surface area contributed by atoms with Crippen LogP contribution in [-0.2, 0) is 23.7 Å². The third kappa shape index (κ3) is 5.66. The molecule has 0 bridgehead atoms. The van der Waals surface area contributed by atoms with Crippen molar-refractivity contribution >= 4 is 15.9 Å². The molecule has 15 atom stereocenters. The Kier molecular flexibility index (Phi) is 9.83. The smallest absolute Gasteiger partial charge is 0.245 e. The van der Waals surface area contributed by atoms with E-state index >= 15 is 0 Å². The van der Waals surface area contributed by atoms with Gasteiger partial charge in [0.2, 0.25) is 4.70 Å². The van der Waals surface area contributed by atoms with Crippen molar-refractivity contribution in [3.63, 3.8) is 0 Å². The molecule has 0 aromatic carbocycles. The Morgan fingerprint density at radius 3 is 1.83 bits per heavy atom. The Labute approximate surface area is 208 Å². The fourth-order valence-electron chi connectivity index (χ4n) is 4.21. The Balaban J connectivity index is 1.76. The average Bonchev–Trinajstić information content (AvgIpc) is 2.84. The van der Waals surface area contributed by atoms with Crippen molar-refractivity contribution in [1.29, 1.82) is 0 Å². The Hall–Kier alpha value is -0.160. The van der Waals surface area contributed by atoms with Crippen LogP contribution in [0.25, 0.3) is 0 Å². The third-order valence-electron chi connectivity index (χ3n) is 6.40. The first-order chi connectivity index (χ1) is 16.4. The van der Waals surface area contributed by atoms with Crippen LogP contribution in [0.2, 0.25) is 0 Å². The quantitative estimate of drug-likeness (QED) is 0.125. The molecule has 35 heavy (non-hydrogen) atoms.